The van der Waals surface area contributed by atoms with E-state index in [4.69, 9.17) is 14.2 Å². The van der Waals surface area contributed by atoms with E-state index in [0.717, 1.165) is 0 Å². The van der Waals surface area contributed by atoms with E-state index in [1.165, 1.54) is 9.80 Å². The topological polar surface area (TPSA) is 135 Å². The Hall–Kier alpha value is -3.70. The Morgan fingerprint density at radius 2 is 1.90 bits per heavy atom. The Kier molecular flexibility index (Phi) is 7.46. The first-order chi connectivity index (χ1) is 18.8. The van der Waals surface area contributed by atoms with Gasteiger partial charge in [0, 0.05) is 25.2 Å². The molecule has 2 fully saturated rings. The number of aliphatic hydroxyl groups is 1. The van der Waals surface area contributed by atoms with Crippen LogP contribution in [-0.4, -0.2) is 90.9 Å². The second-order valence-corrected chi connectivity index (χ2v) is 10.2. The minimum absolute atomic E-state index is 0.0914. The smallest absolute Gasteiger partial charge is 0.313 e. The number of nitrogens with one attached hydrogen (secondary N) is 1. The summed E-state index contributed by atoms with van der Waals surface area (Å²) in [6.45, 7) is 1.51. The predicted molar refractivity (Wildman–Crippen MR) is 139 cm³/mol. The summed E-state index contributed by atoms with van der Waals surface area (Å²) in [6.07, 6.45) is 6.38. The molecule has 1 aromatic carbocycles. The number of nitrogens with zero attached hydrogens (tertiary/aromatic N) is 2. The number of allylic oxidation sites excluding steroid dienone is 1. The highest BCUT2D eigenvalue weighted by Gasteiger charge is 2.73. The van der Waals surface area contributed by atoms with Crippen LogP contribution in [0.15, 0.2) is 48.6 Å². The van der Waals surface area contributed by atoms with Crippen molar-refractivity contribution in [3.8, 4) is 5.75 Å². The van der Waals surface area contributed by atoms with Gasteiger partial charge < -0.3 is 34.4 Å². The average Bonchev–Trinajstić information content (AvgIpc) is 3.57. The van der Waals surface area contributed by atoms with Gasteiger partial charge in [-0.1, -0.05) is 24.3 Å². The second-order valence-electron chi connectivity index (χ2n) is 10.2. The highest BCUT2D eigenvalue weighted by Crippen LogP contribution is 2.55. The molecule has 0 unspecified atom stereocenters. The fourth-order valence-corrected chi connectivity index (χ4v) is 5.97. The van der Waals surface area contributed by atoms with E-state index in [-0.39, 0.29) is 38.6 Å². The minimum Gasteiger partial charge on any atom is -0.497 e. The maximum absolute atomic E-state index is 14.4. The zero-order valence-corrected chi connectivity index (χ0v) is 21.9. The molecule has 0 radical (unpaired) electrons. The third-order valence-electron chi connectivity index (χ3n) is 7.77. The minimum atomic E-state index is -1.38. The summed E-state index contributed by atoms with van der Waals surface area (Å²) in [7, 11) is 1.55. The maximum Gasteiger partial charge on any atom is 0.313 e. The first-order valence-electron chi connectivity index (χ1n) is 13.2. The highest BCUT2D eigenvalue weighted by atomic mass is 16.6. The summed E-state index contributed by atoms with van der Waals surface area (Å²) in [5.41, 5.74) is -0.809. The van der Waals surface area contributed by atoms with Crippen molar-refractivity contribution in [2.75, 3.05) is 38.3 Å². The lowest BCUT2D eigenvalue weighted by Gasteiger charge is -2.35. The molecule has 2 saturated heterocycles. The first kappa shape index (κ1) is 26.9. The molecule has 4 heterocycles. The molecule has 5 rings (SSSR count). The number of benzene rings is 1. The van der Waals surface area contributed by atoms with E-state index < -0.39 is 53.5 Å². The summed E-state index contributed by atoms with van der Waals surface area (Å²) < 4.78 is 17.2. The first-order valence-corrected chi connectivity index (χ1v) is 13.2. The maximum atomic E-state index is 14.4. The predicted octanol–water partition coefficient (Wildman–Crippen LogP) is 0.569. The molecule has 6 atom stereocenters. The lowest BCUT2D eigenvalue weighted by molar-refractivity contribution is -0.158. The highest BCUT2D eigenvalue weighted by molar-refractivity contribution is 6.05. The van der Waals surface area contributed by atoms with Gasteiger partial charge in [0.1, 0.15) is 29.4 Å². The molecule has 0 aliphatic carbocycles. The second kappa shape index (κ2) is 10.8. The van der Waals surface area contributed by atoms with Crippen LogP contribution in [0.3, 0.4) is 0 Å². The number of hydrogen-bond acceptors (Lipinski definition) is 8. The van der Waals surface area contributed by atoms with E-state index in [0.29, 0.717) is 17.9 Å². The summed E-state index contributed by atoms with van der Waals surface area (Å²) in [5.74, 6) is -2.98. The van der Waals surface area contributed by atoms with E-state index in [2.05, 4.69) is 5.32 Å². The van der Waals surface area contributed by atoms with Gasteiger partial charge in [-0.3, -0.25) is 19.2 Å². The van der Waals surface area contributed by atoms with Crippen LogP contribution in [0.2, 0.25) is 0 Å². The number of β-amino-alcohol motifs (C(OH)–C–C–N with tert-alkyl or cyclic N) is 1. The van der Waals surface area contributed by atoms with Gasteiger partial charge in [0.2, 0.25) is 11.8 Å². The fraction of sp³-hybridized carbons (Fsp3) is 0.500. The molecule has 1 aromatic rings. The van der Waals surface area contributed by atoms with Crippen LogP contribution < -0.4 is 15.0 Å². The molecule has 0 aromatic heterocycles. The van der Waals surface area contributed by atoms with E-state index in [9.17, 15) is 24.3 Å². The standard InChI is InChI=1S/C28H33N3O8/c1-17-16-29-21(33)6-4-3-5-13-30(18-7-9-19(37-2)10-8-18)26(35)24-28-12-11-20(39-28)22(27(36)38-17)23(28)25(34)31(24)14-15-32/h3,5,7-12,17,20,22-24,32H,4,6,13-16H2,1-2H3,(H,29,33)/b5-3-/t17-,20+,22-,23-,24+,28-/m0/s1. The summed E-state index contributed by atoms with van der Waals surface area (Å²) in [5, 5.41) is 12.6. The van der Waals surface area contributed by atoms with Gasteiger partial charge in [-0.25, -0.2) is 0 Å². The SMILES string of the molecule is COc1ccc(N2C/C=C\CCC(=O)NC[C@H](C)OC(=O)[C@@H]3[C@H]4C(=O)N(CCO)[C@H](C2=O)[C@]42C=C[C@H]3O2)cc1. The van der Waals surface area contributed by atoms with Crippen molar-refractivity contribution in [3.05, 3.63) is 48.6 Å². The summed E-state index contributed by atoms with van der Waals surface area (Å²) in [6, 6.07) is 5.85. The zero-order chi connectivity index (χ0) is 27.7. The molecular formula is C28H33N3O8. The number of carbonyl (C=O) groups excluding carboxylic acids is 4. The van der Waals surface area contributed by atoms with Gasteiger partial charge in [0.25, 0.3) is 5.91 Å². The Morgan fingerprint density at radius 3 is 2.62 bits per heavy atom. The van der Waals surface area contributed by atoms with Gasteiger partial charge in [-0.05, 0) is 37.6 Å². The number of methoxy groups -OCH3 is 1. The Morgan fingerprint density at radius 1 is 1.13 bits per heavy atom. The van der Waals surface area contributed by atoms with E-state index in [1.807, 2.05) is 6.08 Å². The van der Waals surface area contributed by atoms with Crippen molar-refractivity contribution in [2.24, 2.45) is 11.8 Å². The zero-order valence-electron chi connectivity index (χ0n) is 21.9. The van der Waals surface area contributed by atoms with Gasteiger partial charge in [-0.15, -0.1) is 0 Å². The van der Waals surface area contributed by atoms with Gasteiger partial charge in [0.15, 0.2) is 0 Å². The number of ether oxygens (including phenoxy) is 3. The molecule has 2 N–H and O–H groups in total. The molecule has 208 valence electrons. The third-order valence-corrected chi connectivity index (χ3v) is 7.77. The number of esters is 1. The Labute approximate surface area is 226 Å². The molecule has 5 bridgehead atoms. The van der Waals surface area contributed by atoms with Crippen molar-refractivity contribution >= 4 is 29.4 Å². The fourth-order valence-electron chi connectivity index (χ4n) is 5.97. The molecule has 0 saturated carbocycles. The number of rotatable bonds is 4. The van der Waals surface area contributed by atoms with Crippen LogP contribution in [0.4, 0.5) is 5.69 Å². The largest absolute Gasteiger partial charge is 0.497 e. The van der Waals surface area contributed by atoms with Crippen molar-refractivity contribution in [3.63, 3.8) is 0 Å². The molecule has 4 aliphatic heterocycles. The Bertz CT molecular complexity index is 1200. The molecular weight excluding hydrogens is 506 g/mol. The summed E-state index contributed by atoms with van der Waals surface area (Å²) >= 11 is 0. The number of cyclic esters (lactones) is 1. The molecule has 4 aliphatic rings. The van der Waals surface area contributed by atoms with E-state index in [1.54, 1.807) is 56.5 Å². The molecule has 1 spiro atoms. The molecule has 11 heteroatoms. The number of likely N-dealkylation sites (tertiary alicyclic amines) is 1. The van der Waals surface area contributed by atoms with Crippen LogP contribution in [0.25, 0.3) is 0 Å². The third kappa shape index (κ3) is 4.70. The summed E-state index contributed by atoms with van der Waals surface area (Å²) in [4.78, 5) is 56.6. The Balaban J connectivity index is 1.57. The van der Waals surface area contributed by atoms with Gasteiger partial charge >= 0.3 is 5.97 Å². The number of amides is 3. The van der Waals surface area contributed by atoms with Gasteiger partial charge in [0.05, 0.1) is 32.3 Å². The van der Waals surface area contributed by atoms with Gasteiger partial charge in [-0.2, -0.15) is 0 Å². The number of anilines is 1. The van der Waals surface area contributed by atoms with Crippen LogP contribution in [-0.2, 0) is 28.7 Å². The lowest BCUT2D eigenvalue weighted by atomic mass is 9.74. The number of aliphatic hydroxyl groups excluding tert-OH is 1. The average molecular weight is 540 g/mol. The quantitative estimate of drug-likeness (QED) is 0.419. The number of hydrogen-bond donors (Lipinski definition) is 2. The van der Waals surface area contributed by atoms with E-state index >= 15 is 0 Å². The lowest BCUT2D eigenvalue weighted by Crippen LogP contribution is -2.56. The van der Waals surface area contributed by atoms with Crippen LogP contribution in [0, 0.1) is 11.8 Å². The van der Waals surface area contributed by atoms with Crippen molar-refractivity contribution < 1.29 is 38.5 Å². The van der Waals surface area contributed by atoms with Crippen molar-refractivity contribution in [1.82, 2.24) is 10.2 Å². The molecule has 39 heavy (non-hydrogen) atoms. The van der Waals surface area contributed by atoms with Crippen LogP contribution in [0.5, 0.6) is 5.75 Å². The van der Waals surface area contributed by atoms with Crippen LogP contribution >= 0.6 is 0 Å². The molecule has 3 amide bonds. The normalized spacial score (nSPS) is 33.7. The number of carbonyl (C=O) groups is 4. The van der Waals surface area contributed by atoms with Crippen molar-refractivity contribution in [2.45, 2.75) is 43.6 Å². The number of fused-ring (bicyclic) bond motifs is 2. The molecule has 11 nitrogen and oxygen atoms in total. The van der Waals surface area contributed by atoms with Crippen molar-refractivity contribution in [1.29, 1.82) is 0 Å². The monoisotopic (exact) mass is 539 g/mol. The van der Waals surface area contributed by atoms with Crippen LogP contribution in [0.1, 0.15) is 19.8 Å².